The number of hydrogen-bond acceptors (Lipinski definition) is 5. The number of benzene rings is 2. The molecular weight excluding hydrogens is 503 g/mol. The maximum Gasteiger partial charge on any atom is 0.277 e. The largest absolute Gasteiger partial charge is 0.305 e. The number of fused-ring (bicyclic) bond motifs is 1. The third kappa shape index (κ3) is 4.30. The van der Waals surface area contributed by atoms with E-state index in [1.54, 1.807) is 53.3 Å². The van der Waals surface area contributed by atoms with Gasteiger partial charge >= 0.3 is 0 Å². The first-order chi connectivity index (χ1) is 13.9. The Morgan fingerprint density at radius 2 is 1.72 bits per heavy atom. The van der Waals surface area contributed by atoms with E-state index in [1.807, 2.05) is 24.3 Å². The standard InChI is InChI=1S/C20H15IN4O3S/c21-29(27,28)15-10-8-14(9-11-15)13-25-17-6-2-1-5-16(17)19(24-25)20(26)23-18-7-3-4-12-22-18/h1-12H,13H2,(H,22,23,26). The van der Waals surface area contributed by atoms with Crippen LogP contribution in [0, 0.1) is 0 Å². The molecule has 2 heterocycles. The number of carbonyl (C=O) groups excluding carboxylic acids is 1. The first-order valence-electron chi connectivity index (χ1n) is 8.63. The highest BCUT2D eigenvalue weighted by Crippen LogP contribution is 2.22. The van der Waals surface area contributed by atoms with Crippen LogP contribution < -0.4 is 5.32 Å². The van der Waals surface area contributed by atoms with E-state index < -0.39 is 7.01 Å². The number of carbonyl (C=O) groups is 1. The van der Waals surface area contributed by atoms with Crippen molar-refractivity contribution in [2.75, 3.05) is 5.32 Å². The molecule has 0 fully saturated rings. The summed E-state index contributed by atoms with van der Waals surface area (Å²) in [5, 5.41) is 8.00. The number of anilines is 1. The number of nitrogens with zero attached hydrogens (tertiary/aromatic N) is 3. The fourth-order valence-corrected chi connectivity index (χ4v) is 4.30. The van der Waals surface area contributed by atoms with Gasteiger partial charge in [0, 0.05) is 11.6 Å². The molecule has 146 valence electrons. The van der Waals surface area contributed by atoms with Gasteiger partial charge in [0.2, 0.25) is 7.01 Å². The van der Waals surface area contributed by atoms with Gasteiger partial charge in [-0.25, -0.2) is 13.4 Å². The molecule has 0 unspecified atom stereocenters. The van der Waals surface area contributed by atoms with Crippen LogP contribution in [0.1, 0.15) is 16.1 Å². The van der Waals surface area contributed by atoms with Crippen LogP contribution in [0.3, 0.4) is 0 Å². The summed E-state index contributed by atoms with van der Waals surface area (Å²) in [5.74, 6) is 0.108. The average molecular weight is 518 g/mol. The Labute approximate surface area is 179 Å². The second kappa shape index (κ2) is 7.91. The van der Waals surface area contributed by atoms with Gasteiger partial charge < -0.3 is 5.32 Å². The summed E-state index contributed by atoms with van der Waals surface area (Å²) >= 11 is 1.41. The van der Waals surface area contributed by atoms with Crippen molar-refractivity contribution in [1.29, 1.82) is 0 Å². The predicted molar refractivity (Wildman–Crippen MR) is 119 cm³/mol. The quantitative estimate of drug-likeness (QED) is 0.320. The molecule has 4 aromatic rings. The van der Waals surface area contributed by atoms with Gasteiger partial charge in [-0.2, -0.15) is 5.10 Å². The number of halogens is 1. The van der Waals surface area contributed by atoms with Gasteiger partial charge in [0.15, 0.2) is 5.69 Å². The highest BCUT2D eigenvalue weighted by molar-refractivity contribution is 14.2. The molecule has 0 aliphatic heterocycles. The molecule has 2 aromatic heterocycles. The Bertz CT molecular complexity index is 1290. The Hall–Kier alpha value is -2.79. The zero-order chi connectivity index (χ0) is 20.4. The molecule has 7 nitrogen and oxygen atoms in total. The fraction of sp³-hybridized carbons (Fsp3) is 0.0500. The Morgan fingerprint density at radius 1 is 1.00 bits per heavy atom. The van der Waals surface area contributed by atoms with Crippen molar-refractivity contribution in [3.8, 4) is 0 Å². The van der Waals surface area contributed by atoms with E-state index in [9.17, 15) is 13.2 Å². The van der Waals surface area contributed by atoms with Crippen LogP contribution in [0.4, 0.5) is 5.82 Å². The lowest BCUT2D eigenvalue weighted by atomic mass is 10.2. The van der Waals surface area contributed by atoms with Crippen molar-refractivity contribution in [3.05, 3.63) is 84.2 Å². The zero-order valence-corrected chi connectivity index (χ0v) is 18.0. The van der Waals surface area contributed by atoms with E-state index >= 15 is 0 Å². The average Bonchev–Trinajstić information content (AvgIpc) is 3.07. The minimum atomic E-state index is -3.28. The molecule has 0 aliphatic rings. The molecule has 2 aromatic carbocycles. The van der Waals surface area contributed by atoms with Crippen LogP contribution >= 0.6 is 21.2 Å². The molecule has 1 amide bonds. The van der Waals surface area contributed by atoms with Crippen molar-refractivity contribution in [3.63, 3.8) is 0 Å². The molecule has 0 saturated carbocycles. The van der Waals surface area contributed by atoms with E-state index in [4.69, 9.17) is 0 Å². The molecule has 0 radical (unpaired) electrons. The first-order valence-corrected chi connectivity index (χ1v) is 12.7. The van der Waals surface area contributed by atoms with Crippen molar-refractivity contribution in [2.24, 2.45) is 0 Å². The molecule has 9 heteroatoms. The molecule has 4 rings (SSSR count). The number of nitrogens with one attached hydrogen (secondary N) is 1. The summed E-state index contributed by atoms with van der Waals surface area (Å²) in [6, 6.07) is 19.4. The van der Waals surface area contributed by atoms with E-state index in [-0.39, 0.29) is 10.8 Å². The van der Waals surface area contributed by atoms with Crippen LogP contribution in [0.5, 0.6) is 0 Å². The van der Waals surface area contributed by atoms with Crippen molar-refractivity contribution in [1.82, 2.24) is 14.8 Å². The topological polar surface area (TPSA) is 93.9 Å². The van der Waals surface area contributed by atoms with E-state index in [0.29, 0.717) is 18.1 Å². The minimum absolute atomic E-state index is 0.252. The second-order valence-corrected chi connectivity index (χ2v) is 11.1. The monoisotopic (exact) mass is 518 g/mol. The van der Waals surface area contributed by atoms with Crippen LogP contribution in [0.15, 0.2) is 77.8 Å². The number of amides is 1. The first kappa shape index (κ1) is 19.5. The Balaban J connectivity index is 1.66. The molecular formula is C20H15IN4O3S. The molecule has 0 aliphatic carbocycles. The summed E-state index contributed by atoms with van der Waals surface area (Å²) < 4.78 is 25.0. The maximum absolute atomic E-state index is 12.8. The summed E-state index contributed by atoms with van der Waals surface area (Å²) in [6.07, 6.45) is 1.60. The van der Waals surface area contributed by atoms with Crippen molar-refractivity contribution in [2.45, 2.75) is 11.4 Å². The zero-order valence-electron chi connectivity index (χ0n) is 15.0. The minimum Gasteiger partial charge on any atom is -0.305 e. The van der Waals surface area contributed by atoms with E-state index in [1.165, 1.54) is 21.2 Å². The lowest BCUT2D eigenvalue weighted by Gasteiger charge is -2.05. The Morgan fingerprint density at radius 3 is 2.41 bits per heavy atom. The highest BCUT2D eigenvalue weighted by Gasteiger charge is 2.18. The molecule has 0 saturated heterocycles. The van der Waals surface area contributed by atoms with Gasteiger partial charge in [-0.1, -0.05) is 36.4 Å². The van der Waals surface area contributed by atoms with Crippen LogP contribution in [0.25, 0.3) is 10.9 Å². The van der Waals surface area contributed by atoms with Crippen LogP contribution in [-0.4, -0.2) is 29.1 Å². The van der Waals surface area contributed by atoms with Gasteiger partial charge in [0.1, 0.15) is 5.82 Å². The predicted octanol–water partition coefficient (Wildman–Crippen LogP) is 3.86. The van der Waals surface area contributed by atoms with Gasteiger partial charge in [0.25, 0.3) is 5.91 Å². The highest BCUT2D eigenvalue weighted by atomic mass is 127. The van der Waals surface area contributed by atoms with Crippen LogP contribution in [0.2, 0.25) is 0 Å². The third-order valence-electron chi connectivity index (χ3n) is 4.32. The lowest BCUT2D eigenvalue weighted by molar-refractivity contribution is 0.102. The van der Waals surface area contributed by atoms with E-state index in [0.717, 1.165) is 16.5 Å². The lowest BCUT2D eigenvalue weighted by Crippen LogP contribution is -2.14. The summed E-state index contributed by atoms with van der Waals surface area (Å²) in [5.41, 5.74) is 1.99. The maximum atomic E-state index is 12.8. The Kier molecular flexibility index (Phi) is 5.33. The number of para-hydroxylation sites is 1. The number of hydrogen-bond donors (Lipinski definition) is 1. The molecule has 29 heavy (non-hydrogen) atoms. The van der Waals surface area contributed by atoms with Gasteiger partial charge in [-0.15, -0.1) is 0 Å². The van der Waals surface area contributed by atoms with Gasteiger partial charge in [-0.3, -0.25) is 9.48 Å². The third-order valence-corrected chi connectivity index (χ3v) is 6.68. The number of rotatable bonds is 5. The molecule has 0 atom stereocenters. The smallest absolute Gasteiger partial charge is 0.277 e. The normalized spacial score (nSPS) is 11.5. The number of pyridine rings is 1. The SMILES string of the molecule is O=C(Nc1ccccn1)c1nn(Cc2ccc(S(=O)(=O)I)cc2)c2ccccc12. The summed E-state index contributed by atoms with van der Waals surface area (Å²) in [6.45, 7) is 0.402. The number of aromatic nitrogens is 3. The van der Waals surface area contributed by atoms with Gasteiger partial charge in [0.05, 0.1) is 38.2 Å². The second-order valence-electron chi connectivity index (χ2n) is 6.27. The molecule has 1 N–H and O–H groups in total. The fourth-order valence-electron chi connectivity index (χ4n) is 2.96. The van der Waals surface area contributed by atoms with Crippen molar-refractivity contribution < 1.29 is 13.2 Å². The van der Waals surface area contributed by atoms with Crippen LogP contribution in [-0.2, 0) is 13.6 Å². The molecule has 0 bridgehead atoms. The molecule has 0 spiro atoms. The van der Waals surface area contributed by atoms with E-state index in [2.05, 4.69) is 15.4 Å². The summed E-state index contributed by atoms with van der Waals surface area (Å²) in [4.78, 5) is 17.1. The van der Waals surface area contributed by atoms with Gasteiger partial charge in [-0.05, 0) is 35.9 Å². The summed E-state index contributed by atoms with van der Waals surface area (Å²) in [7, 11) is -3.28. The van der Waals surface area contributed by atoms with Crippen molar-refractivity contribution >= 4 is 50.8 Å².